The molecule has 1 saturated heterocycles. The van der Waals surface area contributed by atoms with Gasteiger partial charge in [0.25, 0.3) is 0 Å². The summed E-state index contributed by atoms with van der Waals surface area (Å²) in [4.78, 5) is 20.5. The minimum atomic E-state index is -0.240. The monoisotopic (exact) mass is 337 g/mol. The minimum absolute atomic E-state index is 0.118. The quantitative estimate of drug-likeness (QED) is 0.845. The van der Waals surface area contributed by atoms with Gasteiger partial charge in [0.2, 0.25) is 0 Å². The number of fused-ring (bicyclic) bond motifs is 1. The minimum Gasteiger partial charge on any atom is -0.506 e. The van der Waals surface area contributed by atoms with Crippen molar-refractivity contribution in [2.75, 3.05) is 38.1 Å². The molecule has 7 nitrogen and oxygen atoms in total. The molecule has 1 N–H and O–H groups in total. The number of allylic oxidation sites excluding steroid dienone is 3. The van der Waals surface area contributed by atoms with Crippen LogP contribution >= 0.6 is 0 Å². The maximum absolute atomic E-state index is 11.4. The van der Waals surface area contributed by atoms with Crippen LogP contribution in [0.3, 0.4) is 0 Å². The molecule has 1 fully saturated rings. The number of aliphatic hydroxyl groups excluding tert-OH is 1. The van der Waals surface area contributed by atoms with Gasteiger partial charge in [0.1, 0.15) is 17.2 Å². The van der Waals surface area contributed by atoms with Crippen LogP contribution < -0.4 is 4.90 Å². The zero-order chi connectivity index (χ0) is 17.4. The molecule has 0 atom stereocenters. The van der Waals surface area contributed by atoms with Crippen LogP contribution in [0.15, 0.2) is 53.4 Å². The van der Waals surface area contributed by atoms with E-state index in [0.29, 0.717) is 11.4 Å². The van der Waals surface area contributed by atoms with Crippen LogP contribution in [0.4, 0.5) is 11.5 Å². The number of ketones is 1. The number of aliphatic imine (C=N–C) groups is 1. The Balaban J connectivity index is 1.81. The number of aliphatic hydroxyl groups is 1. The van der Waals surface area contributed by atoms with Crippen molar-refractivity contribution in [2.45, 2.75) is 0 Å². The summed E-state index contributed by atoms with van der Waals surface area (Å²) in [7, 11) is 2.11. The Morgan fingerprint density at radius 3 is 2.72 bits per heavy atom. The Kier molecular flexibility index (Phi) is 3.85. The molecule has 2 aromatic heterocycles. The average Bonchev–Trinajstić information content (AvgIpc) is 2.97. The number of pyridine rings is 1. The molecular formula is C18H19N5O2. The van der Waals surface area contributed by atoms with Gasteiger partial charge in [-0.2, -0.15) is 0 Å². The highest BCUT2D eigenvalue weighted by atomic mass is 16.3. The average molecular weight is 337 g/mol. The predicted octanol–water partition coefficient (Wildman–Crippen LogP) is 1.74. The lowest BCUT2D eigenvalue weighted by Gasteiger charge is -2.32. The van der Waals surface area contributed by atoms with Gasteiger partial charge >= 0.3 is 0 Å². The molecule has 128 valence electrons. The molecule has 1 aliphatic heterocycles. The number of carbonyl (C=O) groups is 1. The van der Waals surface area contributed by atoms with Crippen molar-refractivity contribution in [2.24, 2.45) is 4.99 Å². The number of piperazine rings is 1. The fraction of sp³-hybridized carbons (Fsp3) is 0.278. The van der Waals surface area contributed by atoms with E-state index in [4.69, 9.17) is 5.10 Å². The number of anilines is 1. The van der Waals surface area contributed by atoms with E-state index in [2.05, 4.69) is 21.8 Å². The van der Waals surface area contributed by atoms with Crippen LogP contribution in [0.25, 0.3) is 5.52 Å². The molecule has 0 spiro atoms. The zero-order valence-electron chi connectivity index (χ0n) is 14.0. The number of aromatic nitrogens is 2. The molecule has 2 aliphatic rings. The summed E-state index contributed by atoms with van der Waals surface area (Å²) < 4.78 is 1.80. The van der Waals surface area contributed by atoms with Gasteiger partial charge in [0.15, 0.2) is 11.6 Å². The van der Waals surface area contributed by atoms with Crippen LogP contribution in [0.2, 0.25) is 0 Å². The first-order chi connectivity index (χ1) is 12.1. The van der Waals surface area contributed by atoms with Gasteiger partial charge in [-0.05, 0) is 31.3 Å². The Labute approximate surface area is 145 Å². The Bertz CT molecular complexity index is 917. The second-order valence-electron chi connectivity index (χ2n) is 6.26. The van der Waals surface area contributed by atoms with Crippen molar-refractivity contribution in [3.05, 3.63) is 48.4 Å². The van der Waals surface area contributed by atoms with Crippen LogP contribution in [-0.4, -0.2) is 64.3 Å². The molecule has 2 aromatic rings. The van der Waals surface area contributed by atoms with E-state index in [-0.39, 0.29) is 11.5 Å². The van der Waals surface area contributed by atoms with Crippen molar-refractivity contribution in [1.82, 2.24) is 14.5 Å². The summed E-state index contributed by atoms with van der Waals surface area (Å²) in [6.45, 7) is 3.66. The fourth-order valence-corrected chi connectivity index (χ4v) is 3.03. The molecule has 1 aliphatic carbocycles. The molecule has 3 heterocycles. The summed E-state index contributed by atoms with van der Waals surface area (Å²) in [6, 6.07) is 5.80. The van der Waals surface area contributed by atoms with Gasteiger partial charge in [0.05, 0.1) is 5.52 Å². The van der Waals surface area contributed by atoms with Crippen molar-refractivity contribution in [3.8, 4) is 0 Å². The van der Waals surface area contributed by atoms with E-state index in [9.17, 15) is 9.90 Å². The second kappa shape index (κ2) is 6.18. The van der Waals surface area contributed by atoms with Crippen molar-refractivity contribution >= 4 is 28.5 Å². The molecule has 25 heavy (non-hydrogen) atoms. The highest BCUT2D eigenvalue weighted by Crippen LogP contribution is 2.34. The van der Waals surface area contributed by atoms with E-state index in [0.717, 1.165) is 37.5 Å². The Morgan fingerprint density at radius 1 is 1.16 bits per heavy atom. The number of nitrogens with zero attached hydrogens (tertiary/aromatic N) is 5. The summed E-state index contributed by atoms with van der Waals surface area (Å²) in [5.74, 6) is 0.438. The molecule has 0 bridgehead atoms. The highest BCUT2D eigenvalue weighted by Gasteiger charge is 2.23. The lowest BCUT2D eigenvalue weighted by atomic mass is 10.1. The summed E-state index contributed by atoms with van der Waals surface area (Å²) in [6.07, 6.45) is 6.01. The fourth-order valence-electron chi connectivity index (χ4n) is 3.03. The van der Waals surface area contributed by atoms with E-state index in [1.54, 1.807) is 4.52 Å². The smallest absolute Gasteiger partial charge is 0.182 e. The van der Waals surface area contributed by atoms with Gasteiger partial charge < -0.3 is 14.9 Å². The van der Waals surface area contributed by atoms with Crippen molar-refractivity contribution in [1.29, 1.82) is 0 Å². The van der Waals surface area contributed by atoms with Crippen LogP contribution in [0.1, 0.15) is 0 Å². The standard InChI is InChI=1S/C18H19N5O2/c1-21-8-10-22(11-9-21)18-17(15-4-2-3-7-23(15)20-18)19-14-6-5-13(24)12-16(14)25/h2-7,12,25H,8-11H2,1H3/b19-14+. The number of hydrogen-bond donors (Lipinski definition) is 1. The van der Waals surface area contributed by atoms with Gasteiger partial charge in [-0.25, -0.2) is 9.51 Å². The molecule has 0 radical (unpaired) electrons. The van der Waals surface area contributed by atoms with Gasteiger partial charge in [-0.15, -0.1) is 5.10 Å². The van der Waals surface area contributed by atoms with Gasteiger partial charge in [-0.3, -0.25) is 4.79 Å². The van der Waals surface area contributed by atoms with E-state index in [1.165, 1.54) is 18.2 Å². The second-order valence-corrected chi connectivity index (χ2v) is 6.26. The van der Waals surface area contributed by atoms with Crippen molar-refractivity contribution < 1.29 is 9.90 Å². The number of likely N-dealkylation sites (N-methyl/N-ethyl adjacent to an activating group) is 1. The third kappa shape index (κ3) is 2.94. The van der Waals surface area contributed by atoms with Crippen LogP contribution in [0, 0.1) is 0 Å². The first kappa shape index (κ1) is 15.6. The molecule has 0 aromatic carbocycles. The maximum Gasteiger partial charge on any atom is 0.182 e. The zero-order valence-corrected chi connectivity index (χ0v) is 14.0. The van der Waals surface area contributed by atoms with Gasteiger partial charge in [-0.1, -0.05) is 6.07 Å². The van der Waals surface area contributed by atoms with Crippen molar-refractivity contribution in [3.63, 3.8) is 0 Å². The normalized spacial score (nSPS) is 20.5. The Morgan fingerprint density at radius 2 is 1.96 bits per heavy atom. The highest BCUT2D eigenvalue weighted by molar-refractivity contribution is 6.19. The van der Waals surface area contributed by atoms with E-state index >= 15 is 0 Å². The van der Waals surface area contributed by atoms with E-state index < -0.39 is 0 Å². The summed E-state index contributed by atoms with van der Waals surface area (Å²) in [5.41, 5.74) is 1.94. The first-order valence-electron chi connectivity index (χ1n) is 8.24. The largest absolute Gasteiger partial charge is 0.506 e. The van der Waals surface area contributed by atoms with Gasteiger partial charge in [0, 0.05) is 38.5 Å². The van der Waals surface area contributed by atoms with E-state index in [1.807, 2.05) is 24.4 Å². The Hall–Kier alpha value is -2.93. The van der Waals surface area contributed by atoms with Crippen LogP contribution in [-0.2, 0) is 4.79 Å². The molecule has 4 rings (SSSR count). The molecule has 0 amide bonds. The first-order valence-corrected chi connectivity index (χ1v) is 8.24. The summed E-state index contributed by atoms with van der Waals surface area (Å²) in [5, 5.41) is 14.7. The SMILES string of the molecule is CN1CCN(c2nn3ccccc3c2/N=C2\C=CC(=O)C=C2O)CC1. The molecule has 0 saturated carbocycles. The van der Waals surface area contributed by atoms with Crippen LogP contribution in [0.5, 0.6) is 0 Å². The molecule has 7 heteroatoms. The lowest BCUT2D eigenvalue weighted by molar-refractivity contribution is -0.110. The number of hydrogen-bond acceptors (Lipinski definition) is 6. The topological polar surface area (TPSA) is 73.4 Å². The summed E-state index contributed by atoms with van der Waals surface area (Å²) >= 11 is 0. The molecule has 0 unspecified atom stereocenters. The maximum atomic E-state index is 11.4. The number of carbonyl (C=O) groups excluding carboxylic acids is 1. The third-order valence-electron chi connectivity index (χ3n) is 4.48. The number of rotatable bonds is 2. The molecular weight excluding hydrogens is 318 g/mol. The predicted molar refractivity (Wildman–Crippen MR) is 96.9 cm³/mol. The third-order valence-corrected chi connectivity index (χ3v) is 4.48. The lowest BCUT2D eigenvalue weighted by Crippen LogP contribution is -2.44.